The van der Waals surface area contributed by atoms with Crippen LogP contribution in [0.5, 0.6) is 0 Å². The number of benzene rings is 1. The summed E-state index contributed by atoms with van der Waals surface area (Å²) in [7, 11) is -3.95. The van der Waals surface area contributed by atoms with Crippen molar-refractivity contribution < 1.29 is 12.8 Å². The first-order valence-electron chi connectivity index (χ1n) is 5.65. The number of nitrogens with zero attached hydrogens (tertiary/aromatic N) is 1. The fourth-order valence-electron chi connectivity index (χ4n) is 2.70. The van der Waals surface area contributed by atoms with Gasteiger partial charge in [-0.2, -0.15) is 5.26 Å². The number of sulfone groups is 1. The Labute approximate surface area is 106 Å². The molecule has 96 valence electrons. The standard InChI is InChI=1S/C13H14FNO2S/c1-12(2)7-13(8-12,9-15)18(16,17)11-6-4-3-5-10(11)14/h3-6H,7-8H2,1-2H3. The van der Waals surface area contributed by atoms with Crippen molar-refractivity contribution in [3.8, 4) is 6.07 Å². The van der Waals surface area contributed by atoms with Crippen LogP contribution in [0.1, 0.15) is 26.7 Å². The van der Waals surface area contributed by atoms with Crippen LogP contribution in [0, 0.1) is 22.6 Å². The average Bonchev–Trinajstić information content (AvgIpc) is 2.25. The summed E-state index contributed by atoms with van der Waals surface area (Å²) in [4.78, 5) is -0.373. The molecule has 5 heteroatoms. The normalized spacial score (nSPS) is 20.8. The molecule has 0 atom stereocenters. The van der Waals surface area contributed by atoms with Crippen LogP contribution in [-0.4, -0.2) is 13.2 Å². The van der Waals surface area contributed by atoms with Crippen LogP contribution in [0.3, 0.4) is 0 Å². The van der Waals surface area contributed by atoms with Crippen molar-refractivity contribution in [2.75, 3.05) is 0 Å². The summed E-state index contributed by atoms with van der Waals surface area (Å²) in [6.45, 7) is 3.80. The summed E-state index contributed by atoms with van der Waals surface area (Å²) in [5, 5.41) is 9.20. The molecule has 2 rings (SSSR count). The zero-order valence-corrected chi connectivity index (χ0v) is 11.1. The molecule has 0 aliphatic heterocycles. The lowest BCUT2D eigenvalue weighted by Crippen LogP contribution is -2.53. The lowest BCUT2D eigenvalue weighted by molar-refractivity contribution is 0.153. The molecule has 1 fully saturated rings. The predicted octanol–water partition coefficient (Wildman–Crippen LogP) is 2.68. The molecule has 0 amide bonds. The number of hydrogen-bond acceptors (Lipinski definition) is 3. The van der Waals surface area contributed by atoms with Crippen molar-refractivity contribution in [1.82, 2.24) is 0 Å². The van der Waals surface area contributed by atoms with Gasteiger partial charge in [0.1, 0.15) is 10.7 Å². The Hall–Kier alpha value is -1.41. The van der Waals surface area contributed by atoms with Crippen molar-refractivity contribution in [2.45, 2.75) is 36.3 Å². The van der Waals surface area contributed by atoms with E-state index in [1.807, 2.05) is 19.9 Å². The van der Waals surface area contributed by atoms with Gasteiger partial charge in [-0.25, -0.2) is 12.8 Å². The molecule has 0 saturated heterocycles. The average molecular weight is 267 g/mol. The van der Waals surface area contributed by atoms with Gasteiger partial charge in [-0.1, -0.05) is 26.0 Å². The second-order valence-corrected chi connectivity index (χ2v) is 7.79. The topological polar surface area (TPSA) is 57.9 Å². The van der Waals surface area contributed by atoms with E-state index in [2.05, 4.69) is 0 Å². The molecular formula is C13H14FNO2S. The molecule has 1 saturated carbocycles. The Morgan fingerprint density at radius 1 is 1.28 bits per heavy atom. The van der Waals surface area contributed by atoms with E-state index >= 15 is 0 Å². The molecule has 0 spiro atoms. The third-order valence-electron chi connectivity index (χ3n) is 3.37. The molecule has 1 aliphatic rings. The highest BCUT2D eigenvalue weighted by atomic mass is 32.2. The van der Waals surface area contributed by atoms with Gasteiger partial charge in [-0.05, 0) is 30.4 Å². The Bertz CT molecular complexity index is 621. The third-order valence-corrected chi connectivity index (χ3v) is 5.69. The van der Waals surface area contributed by atoms with E-state index in [-0.39, 0.29) is 23.2 Å². The van der Waals surface area contributed by atoms with Gasteiger partial charge in [0.2, 0.25) is 0 Å². The number of nitriles is 1. The molecule has 1 aromatic carbocycles. The maximum Gasteiger partial charge on any atom is 0.200 e. The lowest BCUT2D eigenvalue weighted by Gasteiger charge is -2.47. The van der Waals surface area contributed by atoms with Gasteiger partial charge < -0.3 is 0 Å². The summed E-state index contributed by atoms with van der Waals surface area (Å²) < 4.78 is 37.0. The Kier molecular flexibility index (Phi) is 2.74. The van der Waals surface area contributed by atoms with Crippen LogP contribution in [0.2, 0.25) is 0 Å². The van der Waals surface area contributed by atoms with Gasteiger partial charge in [0.25, 0.3) is 0 Å². The van der Waals surface area contributed by atoms with Crippen molar-refractivity contribution in [3.05, 3.63) is 30.1 Å². The van der Waals surface area contributed by atoms with Gasteiger partial charge in [-0.3, -0.25) is 0 Å². The van der Waals surface area contributed by atoms with Crippen LogP contribution in [0.25, 0.3) is 0 Å². The molecule has 18 heavy (non-hydrogen) atoms. The fourth-order valence-corrected chi connectivity index (χ4v) is 4.98. The van der Waals surface area contributed by atoms with Crippen LogP contribution in [0.15, 0.2) is 29.2 Å². The number of rotatable bonds is 2. The highest BCUT2D eigenvalue weighted by Gasteiger charge is 2.59. The monoisotopic (exact) mass is 267 g/mol. The van der Waals surface area contributed by atoms with Crippen LogP contribution in [-0.2, 0) is 9.84 Å². The maximum atomic E-state index is 13.6. The highest BCUT2D eigenvalue weighted by molar-refractivity contribution is 7.93. The van der Waals surface area contributed by atoms with E-state index in [1.165, 1.54) is 18.2 Å². The molecule has 0 heterocycles. The molecule has 0 bridgehead atoms. The second-order valence-electron chi connectivity index (χ2n) is 5.56. The van der Waals surface area contributed by atoms with Crippen molar-refractivity contribution in [2.24, 2.45) is 5.41 Å². The van der Waals surface area contributed by atoms with E-state index in [0.717, 1.165) is 6.07 Å². The minimum absolute atomic E-state index is 0.186. The zero-order chi connectivity index (χ0) is 13.6. The molecular weight excluding hydrogens is 253 g/mol. The fraction of sp³-hybridized carbons (Fsp3) is 0.462. The zero-order valence-electron chi connectivity index (χ0n) is 10.3. The lowest BCUT2D eigenvalue weighted by atomic mass is 9.64. The van der Waals surface area contributed by atoms with Crippen LogP contribution < -0.4 is 0 Å². The van der Waals surface area contributed by atoms with Crippen LogP contribution in [0.4, 0.5) is 4.39 Å². The Morgan fingerprint density at radius 2 is 1.83 bits per heavy atom. The smallest absolute Gasteiger partial charge is 0.200 e. The minimum atomic E-state index is -3.95. The minimum Gasteiger partial charge on any atom is -0.222 e. The first-order chi connectivity index (χ1) is 8.24. The highest BCUT2D eigenvalue weighted by Crippen LogP contribution is 2.53. The van der Waals surface area contributed by atoms with Crippen molar-refractivity contribution in [1.29, 1.82) is 5.26 Å². The van der Waals surface area contributed by atoms with Crippen molar-refractivity contribution in [3.63, 3.8) is 0 Å². The predicted molar refractivity (Wildman–Crippen MR) is 64.9 cm³/mol. The molecule has 0 unspecified atom stereocenters. The van der Waals surface area contributed by atoms with Crippen molar-refractivity contribution >= 4 is 9.84 Å². The summed E-state index contributed by atoms with van der Waals surface area (Å²) in [5.74, 6) is -0.795. The molecule has 1 aromatic rings. The summed E-state index contributed by atoms with van der Waals surface area (Å²) in [6, 6.07) is 7.09. The number of halogens is 1. The van der Waals surface area contributed by atoms with Gasteiger partial charge in [0.15, 0.2) is 14.6 Å². The quantitative estimate of drug-likeness (QED) is 0.827. The second kappa shape index (κ2) is 3.79. The van der Waals surface area contributed by atoms with Gasteiger partial charge in [0, 0.05) is 0 Å². The van der Waals surface area contributed by atoms with E-state index in [1.54, 1.807) is 0 Å². The SMILES string of the molecule is CC1(C)CC(C#N)(S(=O)(=O)c2ccccc2F)C1. The summed E-state index contributed by atoms with van der Waals surface area (Å²) in [6.07, 6.45) is 0.486. The van der Waals surface area contributed by atoms with E-state index in [0.29, 0.717) is 0 Å². The third kappa shape index (κ3) is 1.72. The maximum absolute atomic E-state index is 13.6. The van der Waals surface area contributed by atoms with E-state index < -0.39 is 20.4 Å². The Balaban J connectivity index is 2.52. The summed E-state index contributed by atoms with van der Waals surface area (Å²) in [5.41, 5.74) is -0.186. The number of hydrogen-bond donors (Lipinski definition) is 0. The van der Waals surface area contributed by atoms with Gasteiger partial charge >= 0.3 is 0 Å². The van der Waals surface area contributed by atoms with Gasteiger partial charge in [0.05, 0.1) is 6.07 Å². The first-order valence-corrected chi connectivity index (χ1v) is 7.13. The van der Waals surface area contributed by atoms with E-state index in [9.17, 15) is 18.1 Å². The Morgan fingerprint density at radius 3 is 2.28 bits per heavy atom. The molecule has 0 radical (unpaired) electrons. The van der Waals surface area contributed by atoms with Gasteiger partial charge in [-0.15, -0.1) is 0 Å². The molecule has 3 nitrogen and oxygen atoms in total. The largest absolute Gasteiger partial charge is 0.222 e. The van der Waals surface area contributed by atoms with Crippen LogP contribution >= 0.6 is 0 Å². The molecule has 1 aliphatic carbocycles. The van der Waals surface area contributed by atoms with E-state index in [4.69, 9.17) is 0 Å². The molecule has 0 N–H and O–H groups in total. The summed E-state index contributed by atoms with van der Waals surface area (Å²) >= 11 is 0. The first kappa shape index (κ1) is 13.0. The molecule has 0 aromatic heterocycles.